The van der Waals surface area contributed by atoms with Crippen molar-refractivity contribution in [2.75, 3.05) is 0 Å². The van der Waals surface area contributed by atoms with Crippen LogP contribution in [0.3, 0.4) is 0 Å². The molecule has 0 unspecified atom stereocenters. The molecule has 0 N–H and O–H groups in total. The van der Waals surface area contributed by atoms with Gasteiger partial charge in [-0.2, -0.15) is 0 Å². The van der Waals surface area contributed by atoms with E-state index in [1.165, 1.54) is 109 Å². The SMILES string of the molecule is CC(C)(C)c1ccc([S+](c2ccccc2)c2ccc(C(C)(C)C)cc2)cc1.Cc1ccc([S+](c2ccc(C)cc2)c2ccc(C)cc2)cc1.Cc1ccc([S+](c2ccccc2)c2ccc(C)cc2)cc1.Cc1ccc([S+](c2ccccc2)c2ccccc2)c(C)c1. The molecule has 91 heavy (non-hydrogen) atoms. The number of aryl methyl sites for hydroxylation is 7. The van der Waals surface area contributed by atoms with Crippen LogP contribution in [0, 0.1) is 48.5 Å². The largest absolute Gasteiger partial charge is 0.169 e. The van der Waals surface area contributed by atoms with Gasteiger partial charge < -0.3 is 0 Å². The fraction of sp³-hybridized carbons (Fsp3) is 0.172. The maximum Gasteiger partial charge on any atom is 0.169 e. The standard InChI is InChI=1S/C26H31S.C21H21S.2C20H19S/c1-25(2,3)20-12-16-23(17-13-20)27(22-10-8-7-9-11-22)24-18-14-21(15-19-24)26(4,5)6;1-16-4-10-19(11-5-16)22(20-12-6-17(2)7-13-20)21-14-8-18(3)9-15-21;1-16-13-14-20(17(2)15-16)21(18-9-5-3-6-10-18)19-11-7-4-8-12-19;1-16-8-12-19(13-9-16)21(18-6-4-3-5-7-18)20-14-10-17(2)11-15-20/h7-19H,1-6H3;4-15H,1-3H3;2*3-15H,1-2H3/q4*+1. The number of hydrogen-bond donors (Lipinski definition) is 0. The molecular formula is C87H90S4+4. The van der Waals surface area contributed by atoms with Crippen molar-refractivity contribution in [3.05, 3.63) is 359 Å². The molecule has 4 heteroatoms. The van der Waals surface area contributed by atoms with Gasteiger partial charge in [-0.05, 0) is 210 Å². The number of benzene rings is 12. The quantitative estimate of drug-likeness (QED) is 0.107. The lowest BCUT2D eigenvalue weighted by molar-refractivity contribution is 0.589. The van der Waals surface area contributed by atoms with E-state index in [4.69, 9.17) is 0 Å². The Morgan fingerprint density at radius 1 is 0.187 bits per heavy atom. The van der Waals surface area contributed by atoms with Crippen molar-refractivity contribution >= 4 is 43.6 Å². The summed E-state index contributed by atoms with van der Waals surface area (Å²) in [5.41, 5.74) is 12.3. The van der Waals surface area contributed by atoms with Crippen molar-refractivity contribution in [3.8, 4) is 0 Å². The monoisotopic (exact) mass is 1260 g/mol. The van der Waals surface area contributed by atoms with Crippen LogP contribution in [-0.2, 0) is 54.4 Å². The third-order valence-electron chi connectivity index (χ3n) is 15.7. The minimum absolute atomic E-state index is 0.0312. The van der Waals surface area contributed by atoms with Crippen LogP contribution < -0.4 is 0 Å². The smallest absolute Gasteiger partial charge is 0.0619 e. The molecule has 0 aliphatic heterocycles. The van der Waals surface area contributed by atoms with Gasteiger partial charge in [-0.15, -0.1) is 0 Å². The van der Waals surface area contributed by atoms with Gasteiger partial charge in [0, 0.05) is 5.56 Å². The van der Waals surface area contributed by atoms with Gasteiger partial charge in [-0.25, -0.2) is 0 Å². The number of rotatable bonds is 12. The molecule has 0 saturated carbocycles. The lowest BCUT2D eigenvalue weighted by Gasteiger charge is -2.20. The van der Waals surface area contributed by atoms with Crippen molar-refractivity contribution in [2.24, 2.45) is 0 Å². The molecule has 0 spiro atoms. The Kier molecular flexibility index (Phi) is 23.6. The molecule has 0 aliphatic carbocycles. The summed E-state index contributed by atoms with van der Waals surface area (Å²) in [6.07, 6.45) is 0. The van der Waals surface area contributed by atoms with Crippen LogP contribution in [0.25, 0.3) is 0 Å². The van der Waals surface area contributed by atoms with Crippen molar-refractivity contribution in [1.82, 2.24) is 0 Å². The molecule has 0 nitrogen and oxygen atoms in total. The van der Waals surface area contributed by atoms with E-state index in [0.717, 1.165) is 0 Å². The summed E-state index contributed by atoms with van der Waals surface area (Å²) in [5, 5.41) is 0. The van der Waals surface area contributed by atoms with Gasteiger partial charge in [0.1, 0.15) is 0 Å². The zero-order chi connectivity index (χ0) is 64.5. The van der Waals surface area contributed by atoms with E-state index in [1.807, 2.05) is 0 Å². The van der Waals surface area contributed by atoms with E-state index in [9.17, 15) is 0 Å². The molecule has 0 aromatic heterocycles. The van der Waals surface area contributed by atoms with Crippen LogP contribution >= 0.6 is 0 Å². The third kappa shape index (κ3) is 18.8. The summed E-state index contributed by atoms with van der Waals surface area (Å²) in [6.45, 7) is 28.7. The van der Waals surface area contributed by atoms with Crippen LogP contribution in [0.1, 0.15) is 91.6 Å². The normalized spacial score (nSPS) is 11.3. The highest BCUT2D eigenvalue weighted by Gasteiger charge is 2.33. The van der Waals surface area contributed by atoms with Gasteiger partial charge in [0.05, 0.1) is 43.6 Å². The maximum atomic E-state index is 2.31. The van der Waals surface area contributed by atoms with E-state index in [1.54, 1.807) is 0 Å². The molecule has 0 bridgehead atoms. The zero-order valence-corrected chi connectivity index (χ0v) is 58.8. The first-order chi connectivity index (χ1) is 43.8. The van der Waals surface area contributed by atoms with Gasteiger partial charge in [0.15, 0.2) is 58.7 Å². The van der Waals surface area contributed by atoms with E-state index in [-0.39, 0.29) is 54.4 Å². The summed E-state index contributed by atoms with van der Waals surface area (Å²) in [7, 11) is -0.190. The lowest BCUT2D eigenvalue weighted by Crippen LogP contribution is -2.12. The molecule has 0 radical (unpaired) electrons. The Bertz CT molecular complexity index is 3860. The molecule has 12 rings (SSSR count). The Balaban J connectivity index is 0.000000144. The Hall–Kier alpha value is -7.96. The molecule has 12 aromatic rings. The minimum Gasteiger partial charge on any atom is -0.0619 e. The number of hydrogen-bond acceptors (Lipinski definition) is 0. The van der Waals surface area contributed by atoms with E-state index in [0.29, 0.717) is 0 Å². The Morgan fingerprint density at radius 3 is 0.582 bits per heavy atom. The second-order valence-corrected chi connectivity index (χ2v) is 33.4. The molecular weight excluding hydrogens is 1170 g/mol. The highest BCUT2D eigenvalue weighted by Crippen LogP contribution is 2.37. The van der Waals surface area contributed by atoms with Gasteiger partial charge in [0.25, 0.3) is 0 Å². The zero-order valence-electron chi connectivity index (χ0n) is 55.6. The van der Waals surface area contributed by atoms with Crippen LogP contribution in [0.2, 0.25) is 0 Å². The van der Waals surface area contributed by atoms with Crippen LogP contribution in [0.4, 0.5) is 0 Å². The molecule has 0 fully saturated rings. The van der Waals surface area contributed by atoms with Crippen molar-refractivity contribution in [2.45, 2.75) is 160 Å². The Morgan fingerprint density at radius 2 is 0.374 bits per heavy atom. The molecule has 0 atom stereocenters. The first-order valence-corrected chi connectivity index (χ1v) is 36.5. The summed E-state index contributed by atoms with van der Waals surface area (Å²) in [6, 6.07) is 113. The fourth-order valence-electron chi connectivity index (χ4n) is 10.4. The predicted molar refractivity (Wildman–Crippen MR) is 397 cm³/mol. The molecule has 0 saturated heterocycles. The second kappa shape index (κ2) is 31.9. The lowest BCUT2D eigenvalue weighted by atomic mass is 9.87. The van der Waals surface area contributed by atoms with E-state index >= 15 is 0 Å². The molecule has 12 aromatic carbocycles. The molecule has 0 aliphatic rings. The first-order valence-electron chi connectivity index (χ1n) is 31.6. The minimum atomic E-state index is -0.0847. The second-order valence-electron chi connectivity index (χ2n) is 25.4. The topological polar surface area (TPSA) is 0 Å². The maximum absolute atomic E-state index is 2.31. The molecule has 458 valence electrons. The van der Waals surface area contributed by atoms with Crippen LogP contribution in [0.5, 0.6) is 0 Å². The third-order valence-corrected chi connectivity index (χ3v) is 24.7. The average Bonchev–Trinajstić information content (AvgIpc) is 1.16. The van der Waals surface area contributed by atoms with E-state index in [2.05, 4.69) is 399 Å². The van der Waals surface area contributed by atoms with Crippen molar-refractivity contribution < 1.29 is 0 Å². The highest BCUT2D eigenvalue weighted by molar-refractivity contribution is 7.98. The van der Waals surface area contributed by atoms with Crippen LogP contribution in [0.15, 0.2) is 368 Å². The summed E-state index contributed by atoms with van der Waals surface area (Å²) >= 11 is 0. The van der Waals surface area contributed by atoms with Crippen molar-refractivity contribution in [3.63, 3.8) is 0 Å². The average molecular weight is 1260 g/mol. The van der Waals surface area contributed by atoms with Gasteiger partial charge in [-0.3, -0.25) is 0 Å². The van der Waals surface area contributed by atoms with E-state index < -0.39 is 0 Å². The predicted octanol–water partition coefficient (Wildman–Crippen LogP) is 23.9. The Labute approximate surface area is 558 Å². The summed E-state index contributed by atoms with van der Waals surface area (Å²) in [4.78, 5) is 16.5. The highest BCUT2D eigenvalue weighted by atomic mass is 32.2. The fourth-order valence-corrected chi connectivity index (χ4v) is 18.8. The molecule has 0 heterocycles. The van der Waals surface area contributed by atoms with Gasteiger partial charge in [-0.1, -0.05) is 245 Å². The summed E-state index contributed by atoms with van der Waals surface area (Å²) < 4.78 is 0. The van der Waals surface area contributed by atoms with Crippen LogP contribution in [-0.4, -0.2) is 0 Å². The van der Waals surface area contributed by atoms with Gasteiger partial charge >= 0.3 is 0 Å². The first kappa shape index (κ1) is 67.4. The summed E-state index contributed by atoms with van der Waals surface area (Å²) in [5.74, 6) is 0. The van der Waals surface area contributed by atoms with Gasteiger partial charge in [0.2, 0.25) is 0 Å². The van der Waals surface area contributed by atoms with Crippen molar-refractivity contribution in [1.29, 1.82) is 0 Å². The molecule has 0 amide bonds.